The molecule has 1 fully saturated rings. The van der Waals surface area contributed by atoms with Gasteiger partial charge in [-0.3, -0.25) is 4.79 Å². The van der Waals surface area contributed by atoms with Crippen molar-refractivity contribution < 1.29 is 9.53 Å². The Kier molecular flexibility index (Phi) is 6.00. The molecule has 5 nitrogen and oxygen atoms in total. The summed E-state index contributed by atoms with van der Waals surface area (Å²) in [6.45, 7) is 2.15. The normalized spacial score (nSPS) is 22.6. The summed E-state index contributed by atoms with van der Waals surface area (Å²) in [4.78, 5) is 10.7. The number of rotatable bonds is 2. The summed E-state index contributed by atoms with van der Waals surface area (Å²) in [5.41, 5.74) is 5.10. The minimum absolute atomic E-state index is 0. The van der Waals surface area contributed by atoms with Gasteiger partial charge in [-0.05, 0) is 0 Å². The van der Waals surface area contributed by atoms with E-state index in [0.717, 1.165) is 6.54 Å². The lowest BCUT2D eigenvalue weighted by Gasteiger charge is -2.23. The Bertz CT molecular complexity index is 139. The number of morpholine rings is 1. The monoisotopic (exact) mass is 195 g/mol. The highest BCUT2D eigenvalue weighted by molar-refractivity contribution is 5.85. The van der Waals surface area contributed by atoms with Crippen LogP contribution in [0.25, 0.3) is 0 Å². The molecule has 1 rings (SSSR count). The molecule has 1 amide bonds. The van der Waals surface area contributed by atoms with Gasteiger partial charge < -0.3 is 21.1 Å². The molecule has 0 radical (unpaired) electrons. The summed E-state index contributed by atoms with van der Waals surface area (Å²) in [6.07, 6.45) is -0.209. The summed E-state index contributed by atoms with van der Waals surface area (Å²) in [7, 11) is 0. The van der Waals surface area contributed by atoms with E-state index in [2.05, 4.69) is 10.6 Å². The van der Waals surface area contributed by atoms with Gasteiger partial charge in [-0.2, -0.15) is 0 Å². The number of ether oxygens (including phenoxy) is 1. The van der Waals surface area contributed by atoms with Crippen LogP contribution in [0.1, 0.15) is 0 Å². The van der Waals surface area contributed by atoms with E-state index in [1.54, 1.807) is 0 Å². The lowest BCUT2D eigenvalue weighted by atomic mass is 10.4. The molecule has 4 N–H and O–H groups in total. The molecule has 1 aliphatic rings. The van der Waals surface area contributed by atoms with Crippen LogP contribution in [0, 0.1) is 0 Å². The number of nitrogens with two attached hydrogens (primary N) is 1. The lowest BCUT2D eigenvalue weighted by molar-refractivity contribution is -0.124. The molecular weight excluding hydrogens is 182 g/mol. The first-order valence-electron chi connectivity index (χ1n) is 3.64. The van der Waals surface area contributed by atoms with E-state index in [1.165, 1.54) is 0 Å². The molecule has 1 atom stereocenters. The minimum atomic E-state index is -0.209. The van der Waals surface area contributed by atoms with Gasteiger partial charge in [0, 0.05) is 13.1 Å². The summed E-state index contributed by atoms with van der Waals surface area (Å²) < 4.78 is 5.20. The predicted molar refractivity (Wildman–Crippen MR) is 47.1 cm³/mol. The maximum Gasteiger partial charge on any atom is 0.235 e. The van der Waals surface area contributed by atoms with Crippen molar-refractivity contribution in [2.24, 2.45) is 5.73 Å². The molecule has 72 valence electrons. The number of nitrogens with one attached hydrogen (secondary N) is 2. The van der Waals surface area contributed by atoms with Crippen molar-refractivity contribution in [3.8, 4) is 0 Å². The largest absolute Gasteiger partial charge is 0.356 e. The van der Waals surface area contributed by atoms with Crippen LogP contribution in [0.2, 0.25) is 0 Å². The highest BCUT2D eigenvalue weighted by atomic mass is 35.5. The Morgan fingerprint density at radius 3 is 3.00 bits per heavy atom. The Balaban J connectivity index is 0.00000121. The van der Waals surface area contributed by atoms with Gasteiger partial charge in [0.2, 0.25) is 5.91 Å². The van der Waals surface area contributed by atoms with Crippen LogP contribution in [0.5, 0.6) is 0 Å². The third-order valence-corrected chi connectivity index (χ3v) is 1.43. The van der Waals surface area contributed by atoms with Crippen molar-refractivity contribution >= 4 is 18.3 Å². The van der Waals surface area contributed by atoms with Crippen molar-refractivity contribution in [2.75, 3.05) is 26.2 Å². The first kappa shape index (κ1) is 11.6. The van der Waals surface area contributed by atoms with Gasteiger partial charge in [-0.1, -0.05) is 0 Å². The van der Waals surface area contributed by atoms with Crippen molar-refractivity contribution in [2.45, 2.75) is 6.23 Å². The molecule has 0 aromatic rings. The van der Waals surface area contributed by atoms with Crippen LogP contribution in [-0.2, 0) is 9.53 Å². The third-order valence-electron chi connectivity index (χ3n) is 1.43. The molecule has 0 aliphatic carbocycles. The van der Waals surface area contributed by atoms with Crippen LogP contribution in [0.15, 0.2) is 0 Å². The van der Waals surface area contributed by atoms with Crippen molar-refractivity contribution in [3.63, 3.8) is 0 Å². The number of hydrogen-bond donors (Lipinski definition) is 3. The van der Waals surface area contributed by atoms with Crippen LogP contribution >= 0.6 is 12.4 Å². The van der Waals surface area contributed by atoms with E-state index < -0.39 is 0 Å². The molecule has 12 heavy (non-hydrogen) atoms. The zero-order valence-corrected chi connectivity index (χ0v) is 7.52. The second-order valence-corrected chi connectivity index (χ2v) is 2.34. The van der Waals surface area contributed by atoms with Gasteiger partial charge in [0.1, 0.15) is 6.23 Å². The molecule has 0 aromatic heterocycles. The Morgan fingerprint density at radius 1 is 1.75 bits per heavy atom. The highest BCUT2D eigenvalue weighted by Gasteiger charge is 2.13. The van der Waals surface area contributed by atoms with Crippen molar-refractivity contribution in [1.82, 2.24) is 10.6 Å². The fraction of sp³-hybridized carbons (Fsp3) is 0.833. The molecule has 1 heterocycles. The fourth-order valence-electron chi connectivity index (χ4n) is 0.897. The molecule has 0 aromatic carbocycles. The topological polar surface area (TPSA) is 76.4 Å². The molecule has 1 saturated heterocycles. The van der Waals surface area contributed by atoms with E-state index in [-0.39, 0.29) is 31.1 Å². The van der Waals surface area contributed by atoms with Gasteiger partial charge in [-0.15, -0.1) is 12.4 Å². The molecule has 1 aliphatic heterocycles. The second kappa shape index (κ2) is 6.19. The summed E-state index contributed by atoms with van der Waals surface area (Å²) in [6, 6.07) is 0. The number of amides is 1. The van der Waals surface area contributed by atoms with Crippen LogP contribution in [0.3, 0.4) is 0 Å². The smallest absolute Gasteiger partial charge is 0.235 e. The molecule has 0 spiro atoms. The van der Waals surface area contributed by atoms with Gasteiger partial charge in [-0.25, -0.2) is 0 Å². The zero-order chi connectivity index (χ0) is 8.10. The fourth-order valence-corrected chi connectivity index (χ4v) is 0.897. The maximum absolute atomic E-state index is 10.7. The lowest BCUT2D eigenvalue weighted by Crippen LogP contribution is -2.50. The standard InChI is InChI=1S/C6H13N3O2.ClH/c7-3-5(10)9-6-4-8-1-2-11-6;/h6,8H,1-4,7H2,(H,9,10);1H. The summed E-state index contributed by atoms with van der Waals surface area (Å²) >= 11 is 0. The quantitative estimate of drug-likeness (QED) is 0.498. The number of carbonyl (C=O) groups excluding carboxylic acids is 1. The second-order valence-electron chi connectivity index (χ2n) is 2.34. The molecule has 1 unspecified atom stereocenters. The molecule has 0 saturated carbocycles. The summed E-state index contributed by atoms with van der Waals surface area (Å²) in [5, 5.41) is 5.70. The number of hydrogen-bond acceptors (Lipinski definition) is 4. The van der Waals surface area contributed by atoms with E-state index in [1.807, 2.05) is 0 Å². The van der Waals surface area contributed by atoms with E-state index in [0.29, 0.717) is 13.2 Å². The maximum atomic E-state index is 10.7. The predicted octanol–water partition coefficient (Wildman–Crippen LogP) is -1.57. The van der Waals surface area contributed by atoms with Crippen LogP contribution in [-0.4, -0.2) is 38.4 Å². The SMILES string of the molecule is Cl.NCC(=O)NC1CNCCO1. The first-order valence-corrected chi connectivity index (χ1v) is 3.64. The molecule has 0 bridgehead atoms. The highest BCUT2D eigenvalue weighted by Crippen LogP contribution is 1.90. The zero-order valence-electron chi connectivity index (χ0n) is 6.71. The molecular formula is C6H14ClN3O2. The average Bonchev–Trinajstić information content (AvgIpc) is 2.06. The third kappa shape index (κ3) is 3.87. The van der Waals surface area contributed by atoms with Gasteiger partial charge in [0.25, 0.3) is 0 Å². The Morgan fingerprint density at radius 2 is 2.50 bits per heavy atom. The number of halogens is 1. The van der Waals surface area contributed by atoms with Gasteiger partial charge in [0.05, 0.1) is 13.2 Å². The van der Waals surface area contributed by atoms with E-state index in [4.69, 9.17) is 10.5 Å². The van der Waals surface area contributed by atoms with E-state index in [9.17, 15) is 4.79 Å². The summed E-state index contributed by atoms with van der Waals surface area (Å²) in [5.74, 6) is -0.182. The van der Waals surface area contributed by atoms with Crippen LogP contribution < -0.4 is 16.4 Å². The van der Waals surface area contributed by atoms with Crippen molar-refractivity contribution in [1.29, 1.82) is 0 Å². The van der Waals surface area contributed by atoms with Crippen LogP contribution in [0.4, 0.5) is 0 Å². The minimum Gasteiger partial charge on any atom is -0.356 e. The van der Waals surface area contributed by atoms with Gasteiger partial charge >= 0.3 is 0 Å². The van der Waals surface area contributed by atoms with E-state index >= 15 is 0 Å². The first-order chi connectivity index (χ1) is 5.33. The Labute approximate surface area is 77.4 Å². The number of carbonyl (C=O) groups is 1. The van der Waals surface area contributed by atoms with Crippen molar-refractivity contribution in [3.05, 3.63) is 0 Å². The van der Waals surface area contributed by atoms with Gasteiger partial charge in [0.15, 0.2) is 0 Å². The average molecular weight is 196 g/mol. The Hall–Kier alpha value is -0.360. The molecule has 6 heteroatoms.